The van der Waals surface area contributed by atoms with Gasteiger partial charge in [0.05, 0.1) is 0 Å². The van der Waals surface area contributed by atoms with E-state index >= 15 is 0 Å². The zero-order chi connectivity index (χ0) is 16.2. The molecule has 0 bridgehead atoms. The Morgan fingerprint density at radius 1 is 1.13 bits per heavy atom. The first-order valence-electron chi connectivity index (χ1n) is 7.31. The maximum Gasteiger partial charge on any atom is 0.282 e. The first-order chi connectivity index (χ1) is 11.1. The monoisotopic (exact) mass is 349 g/mol. The summed E-state index contributed by atoms with van der Waals surface area (Å²) in [4.78, 5) is 6.49. The van der Waals surface area contributed by atoms with E-state index in [1.165, 1.54) is 5.56 Å². The van der Waals surface area contributed by atoms with Crippen LogP contribution >= 0.6 is 23.2 Å². The number of hydrogen-bond acceptors (Lipinski definition) is 4. The molecule has 1 aliphatic heterocycles. The largest absolute Gasteiger partial charge is 0.463 e. The fourth-order valence-corrected chi connectivity index (χ4v) is 3.09. The predicted molar refractivity (Wildman–Crippen MR) is 95.3 cm³/mol. The van der Waals surface area contributed by atoms with E-state index in [2.05, 4.69) is 22.0 Å². The number of hydrogen-bond donors (Lipinski definition) is 1. The Morgan fingerprint density at radius 3 is 2.43 bits per heavy atom. The molecule has 1 heterocycles. The van der Waals surface area contributed by atoms with Crippen LogP contribution in [0, 0.1) is 0 Å². The minimum Gasteiger partial charge on any atom is -0.463 e. The van der Waals surface area contributed by atoms with Crippen molar-refractivity contribution in [2.24, 2.45) is 10.7 Å². The van der Waals surface area contributed by atoms with Crippen LogP contribution in [0.4, 0.5) is 5.69 Å². The van der Waals surface area contributed by atoms with E-state index in [0.29, 0.717) is 23.2 Å². The molecular formula is C17H17Cl2N3O. The number of anilines is 1. The number of nitrogens with two attached hydrogens (primary N) is 1. The molecule has 0 amide bonds. The number of amidine groups is 1. The van der Waals surface area contributed by atoms with Gasteiger partial charge in [-0.25, -0.2) is 4.99 Å². The van der Waals surface area contributed by atoms with Gasteiger partial charge in [0.2, 0.25) is 0 Å². The maximum atomic E-state index is 6.15. The molecule has 0 aliphatic carbocycles. The zero-order valence-electron chi connectivity index (χ0n) is 12.5. The lowest BCUT2D eigenvalue weighted by Gasteiger charge is -2.27. The molecule has 120 valence electrons. The van der Waals surface area contributed by atoms with E-state index in [1.54, 1.807) is 6.07 Å². The van der Waals surface area contributed by atoms with Gasteiger partial charge in [0.1, 0.15) is 12.6 Å². The second kappa shape index (κ2) is 7.11. The van der Waals surface area contributed by atoms with Crippen molar-refractivity contribution in [2.45, 2.75) is 12.6 Å². The fraction of sp³-hybridized carbons (Fsp3) is 0.235. The molecule has 0 unspecified atom stereocenters. The molecule has 6 heteroatoms. The van der Waals surface area contributed by atoms with Crippen LogP contribution in [0.3, 0.4) is 0 Å². The van der Waals surface area contributed by atoms with Gasteiger partial charge in [-0.1, -0.05) is 53.5 Å². The molecular weight excluding hydrogens is 333 g/mol. The minimum atomic E-state index is -0.00327. The van der Waals surface area contributed by atoms with Gasteiger partial charge in [0, 0.05) is 28.8 Å². The van der Waals surface area contributed by atoms with Gasteiger partial charge in [-0.05, 0) is 23.8 Å². The Balaban J connectivity index is 1.86. The highest BCUT2D eigenvalue weighted by molar-refractivity contribution is 6.35. The van der Waals surface area contributed by atoms with E-state index in [4.69, 9.17) is 33.7 Å². The van der Waals surface area contributed by atoms with Gasteiger partial charge >= 0.3 is 0 Å². The number of nitrogens with zero attached hydrogens (tertiary/aromatic N) is 2. The van der Waals surface area contributed by atoms with Gasteiger partial charge in [-0.3, -0.25) is 0 Å². The summed E-state index contributed by atoms with van der Waals surface area (Å²) in [5.41, 5.74) is 7.75. The Labute approximate surface area is 145 Å². The average Bonchev–Trinajstić information content (AvgIpc) is 2.92. The third-order valence-corrected chi connectivity index (χ3v) is 4.03. The van der Waals surface area contributed by atoms with E-state index < -0.39 is 0 Å². The fourth-order valence-electron chi connectivity index (χ4n) is 2.57. The molecule has 1 atom stereocenters. The number of halogens is 2. The Bertz CT molecular complexity index is 686. The van der Waals surface area contributed by atoms with Crippen LogP contribution < -0.4 is 10.6 Å². The molecule has 2 aromatic carbocycles. The average molecular weight is 350 g/mol. The van der Waals surface area contributed by atoms with E-state index in [9.17, 15) is 0 Å². The molecule has 0 aromatic heterocycles. The van der Waals surface area contributed by atoms with Gasteiger partial charge in [-0.2, -0.15) is 0 Å². The standard InChI is InChI=1S/C17H17Cl2N3O/c18-13-6-14(19)8-16(7-13)22(9-12-4-2-1-3-5-12)10-15-11-23-17(20)21-15/h1-8,15H,9-11H2,(H2,20,21)/t15-/m0/s1. The molecule has 23 heavy (non-hydrogen) atoms. The van der Waals surface area contributed by atoms with Crippen molar-refractivity contribution in [1.82, 2.24) is 0 Å². The summed E-state index contributed by atoms with van der Waals surface area (Å²) in [5.74, 6) is 0. The van der Waals surface area contributed by atoms with Crippen molar-refractivity contribution < 1.29 is 4.74 Å². The van der Waals surface area contributed by atoms with Crippen molar-refractivity contribution in [1.29, 1.82) is 0 Å². The van der Waals surface area contributed by atoms with Gasteiger partial charge in [0.15, 0.2) is 0 Å². The highest BCUT2D eigenvalue weighted by atomic mass is 35.5. The second-order valence-corrected chi connectivity index (χ2v) is 6.30. The summed E-state index contributed by atoms with van der Waals surface area (Å²) in [7, 11) is 0. The van der Waals surface area contributed by atoms with E-state index in [-0.39, 0.29) is 12.1 Å². The number of rotatable bonds is 5. The van der Waals surface area contributed by atoms with Crippen LogP contribution in [0.25, 0.3) is 0 Å². The van der Waals surface area contributed by atoms with Crippen molar-refractivity contribution in [3.63, 3.8) is 0 Å². The lowest BCUT2D eigenvalue weighted by Crippen LogP contribution is -2.32. The van der Waals surface area contributed by atoms with Gasteiger partial charge in [0.25, 0.3) is 6.02 Å². The SMILES string of the molecule is NC1=N[C@@H](CN(Cc2ccccc2)c2cc(Cl)cc(Cl)c2)CO1. The number of benzene rings is 2. The first kappa shape index (κ1) is 16.0. The highest BCUT2D eigenvalue weighted by Crippen LogP contribution is 2.27. The number of ether oxygens (including phenoxy) is 1. The summed E-state index contributed by atoms with van der Waals surface area (Å²) in [6.07, 6.45) is 0. The third-order valence-electron chi connectivity index (χ3n) is 3.59. The molecule has 0 spiro atoms. The van der Waals surface area contributed by atoms with Crippen LogP contribution in [-0.2, 0) is 11.3 Å². The predicted octanol–water partition coefficient (Wildman–Crippen LogP) is 3.71. The third kappa shape index (κ3) is 4.30. The Kier molecular flexibility index (Phi) is 4.94. The van der Waals surface area contributed by atoms with Crippen molar-refractivity contribution in [3.05, 3.63) is 64.1 Å². The second-order valence-electron chi connectivity index (χ2n) is 5.43. The Morgan fingerprint density at radius 2 is 1.83 bits per heavy atom. The van der Waals surface area contributed by atoms with Crippen molar-refractivity contribution in [3.8, 4) is 0 Å². The lowest BCUT2D eigenvalue weighted by molar-refractivity contribution is 0.313. The molecule has 4 nitrogen and oxygen atoms in total. The highest BCUT2D eigenvalue weighted by Gasteiger charge is 2.21. The van der Waals surface area contributed by atoms with Crippen LogP contribution in [0.15, 0.2) is 53.5 Å². The number of aliphatic imine (C=N–C) groups is 1. The van der Waals surface area contributed by atoms with E-state index in [0.717, 1.165) is 12.2 Å². The summed E-state index contributed by atoms with van der Waals surface area (Å²) < 4.78 is 5.25. The summed E-state index contributed by atoms with van der Waals surface area (Å²) in [6.45, 7) is 1.89. The Hall–Kier alpha value is -1.91. The lowest BCUT2D eigenvalue weighted by atomic mass is 10.1. The van der Waals surface area contributed by atoms with Crippen LogP contribution in [0.1, 0.15) is 5.56 Å². The van der Waals surface area contributed by atoms with Crippen molar-refractivity contribution in [2.75, 3.05) is 18.1 Å². The molecule has 2 aromatic rings. The minimum absolute atomic E-state index is 0.00327. The molecule has 0 saturated heterocycles. The van der Waals surface area contributed by atoms with Gasteiger partial charge < -0.3 is 15.4 Å². The summed E-state index contributed by atoms with van der Waals surface area (Å²) in [5, 5.41) is 1.22. The molecule has 3 rings (SSSR count). The van der Waals surface area contributed by atoms with Crippen LogP contribution in [0.2, 0.25) is 10.0 Å². The maximum absolute atomic E-state index is 6.15. The zero-order valence-corrected chi connectivity index (χ0v) is 14.0. The summed E-state index contributed by atoms with van der Waals surface area (Å²) >= 11 is 12.3. The van der Waals surface area contributed by atoms with Gasteiger partial charge in [-0.15, -0.1) is 0 Å². The molecule has 2 N–H and O–H groups in total. The quantitative estimate of drug-likeness (QED) is 0.894. The van der Waals surface area contributed by atoms with Crippen LogP contribution in [-0.4, -0.2) is 25.2 Å². The van der Waals surface area contributed by atoms with Crippen LogP contribution in [0.5, 0.6) is 0 Å². The normalized spacial score (nSPS) is 16.8. The molecule has 1 aliphatic rings. The smallest absolute Gasteiger partial charge is 0.282 e. The topological polar surface area (TPSA) is 50.8 Å². The molecule has 0 fully saturated rings. The van der Waals surface area contributed by atoms with Crippen molar-refractivity contribution >= 4 is 34.9 Å². The first-order valence-corrected chi connectivity index (χ1v) is 8.07. The molecule has 0 radical (unpaired) electrons. The summed E-state index contributed by atoms with van der Waals surface area (Å²) in [6, 6.07) is 16.0. The van der Waals surface area contributed by atoms with E-state index in [1.807, 2.05) is 30.3 Å². The molecule has 0 saturated carbocycles.